The summed E-state index contributed by atoms with van der Waals surface area (Å²) in [5.41, 5.74) is 1.08. The molecule has 3 aliphatic heterocycles. The van der Waals surface area contributed by atoms with Gasteiger partial charge in [0.1, 0.15) is 5.75 Å². The fourth-order valence-electron chi connectivity index (χ4n) is 4.26. The van der Waals surface area contributed by atoms with Crippen LogP contribution in [0, 0.1) is 5.92 Å². The molecule has 3 fully saturated rings. The van der Waals surface area contributed by atoms with E-state index in [4.69, 9.17) is 9.47 Å². The molecule has 27 heavy (non-hydrogen) atoms. The van der Waals surface area contributed by atoms with Gasteiger partial charge in [-0.05, 0) is 30.5 Å². The smallest absolute Gasteiger partial charge is 0.320 e. The Morgan fingerprint density at radius 2 is 1.89 bits per heavy atom. The van der Waals surface area contributed by atoms with Gasteiger partial charge in [0.2, 0.25) is 5.91 Å². The number of carbonyl (C=O) groups excluding carboxylic acids is 2. The average molecular weight is 373 g/mol. The van der Waals surface area contributed by atoms with Crippen LogP contribution in [0.3, 0.4) is 0 Å². The molecular weight excluding hydrogens is 346 g/mol. The van der Waals surface area contributed by atoms with Crippen LogP contribution in [-0.2, 0) is 16.1 Å². The van der Waals surface area contributed by atoms with Crippen molar-refractivity contribution in [3.63, 3.8) is 0 Å². The fourth-order valence-corrected chi connectivity index (χ4v) is 4.26. The van der Waals surface area contributed by atoms with Crippen molar-refractivity contribution in [3.8, 4) is 5.75 Å². The number of urea groups is 1. The zero-order chi connectivity index (χ0) is 18.8. The second-order valence-corrected chi connectivity index (χ2v) is 7.53. The fraction of sp³-hybridized carbons (Fsp3) is 0.600. The van der Waals surface area contributed by atoms with Crippen molar-refractivity contribution in [2.24, 2.45) is 5.92 Å². The summed E-state index contributed by atoms with van der Waals surface area (Å²) in [6.07, 6.45) is 1.62. The number of carbonyl (C=O) groups is 2. The van der Waals surface area contributed by atoms with E-state index in [2.05, 4.69) is 0 Å². The number of fused-ring (bicyclic) bond motifs is 1. The molecule has 0 saturated carbocycles. The van der Waals surface area contributed by atoms with E-state index in [0.29, 0.717) is 45.9 Å². The van der Waals surface area contributed by atoms with Gasteiger partial charge in [0.05, 0.1) is 13.2 Å². The van der Waals surface area contributed by atoms with Crippen molar-refractivity contribution in [1.82, 2.24) is 14.7 Å². The van der Waals surface area contributed by atoms with Crippen LogP contribution in [-0.4, -0.2) is 79.2 Å². The summed E-state index contributed by atoms with van der Waals surface area (Å²) in [5.74, 6) is 1.13. The predicted molar refractivity (Wildman–Crippen MR) is 99.4 cm³/mol. The molecule has 1 aromatic carbocycles. The summed E-state index contributed by atoms with van der Waals surface area (Å²) in [6, 6.07) is 7.98. The lowest BCUT2D eigenvalue weighted by Crippen LogP contribution is -2.55. The van der Waals surface area contributed by atoms with Crippen molar-refractivity contribution in [3.05, 3.63) is 29.8 Å². The first-order chi connectivity index (χ1) is 13.2. The van der Waals surface area contributed by atoms with Crippen LogP contribution in [0.2, 0.25) is 0 Å². The highest BCUT2D eigenvalue weighted by molar-refractivity contribution is 5.81. The SMILES string of the molecule is COc1ccc(CN2CC3CN(C(=O)C4CCOCC4)CCN3C2=O)cc1. The number of methoxy groups -OCH3 is 1. The second-order valence-electron chi connectivity index (χ2n) is 7.53. The van der Waals surface area contributed by atoms with E-state index in [1.165, 1.54) is 0 Å². The Balaban J connectivity index is 1.37. The molecule has 3 aliphatic rings. The van der Waals surface area contributed by atoms with E-state index < -0.39 is 0 Å². The van der Waals surface area contributed by atoms with Crippen LogP contribution in [0.4, 0.5) is 4.79 Å². The molecule has 7 nitrogen and oxygen atoms in total. The van der Waals surface area contributed by atoms with Crippen LogP contribution < -0.4 is 4.74 Å². The minimum absolute atomic E-state index is 0.0778. The quantitative estimate of drug-likeness (QED) is 0.804. The Hall–Kier alpha value is -2.28. The van der Waals surface area contributed by atoms with Gasteiger partial charge < -0.3 is 24.2 Å². The van der Waals surface area contributed by atoms with E-state index in [1.807, 2.05) is 39.0 Å². The van der Waals surface area contributed by atoms with Crippen molar-refractivity contribution >= 4 is 11.9 Å². The maximum absolute atomic E-state index is 12.8. The number of hydrogen-bond acceptors (Lipinski definition) is 4. The third-order valence-corrected chi connectivity index (χ3v) is 5.84. The van der Waals surface area contributed by atoms with Crippen LogP contribution in [0.1, 0.15) is 18.4 Å². The van der Waals surface area contributed by atoms with Gasteiger partial charge in [-0.25, -0.2) is 4.79 Å². The number of nitrogens with zero attached hydrogens (tertiary/aromatic N) is 3. The van der Waals surface area contributed by atoms with E-state index >= 15 is 0 Å². The first-order valence-corrected chi connectivity index (χ1v) is 9.70. The monoisotopic (exact) mass is 373 g/mol. The van der Waals surface area contributed by atoms with Crippen molar-refractivity contribution in [2.45, 2.75) is 25.4 Å². The van der Waals surface area contributed by atoms with Gasteiger partial charge in [0.25, 0.3) is 0 Å². The first-order valence-electron chi connectivity index (χ1n) is 9.70. The molecule has 0 aliphatic carbocycles. The zero-order valence-corrected chi connectivity index (χ0v) is 15.8. The van der Waals surface area contributed by atoms with E-state index in [1.54, 1.807) is 7.11 Å². The standard InChI is InChI=1S/C20H27N3O4/c1-26-18-4-2-15(3-5-18)12-22-14-17-13-21(8-9-23(17)20(22)25)19(24)16-6-10-27-11-7-16/h2-5,16-17H,6-14H2,1H3. The molecule has 0 radical (unpaired) electrons. The Bertz CT molecular complexity index is 687. The number of ether oxygens (including phenoxy) is 2. The number of piperazine rings is 1. The summed E-state index contributed by atoms with van der Waals surface area (Å²) >= 11 is 0. The molecule has 0 N–H and O–H groups in total. The largest absolute Gasteiger partial charge is 0.497 e. The van der Waals surface area contributed by atoms with E-state index in [9.17, 15) is 9.59 Å². The minimum Gasteiger partial charge on any atom is -0.497 e. The number of rotatable bonds is 4. The molecule has 1 aromatic rings. The lowest BCUT2D eigenvalue weighted by atomic mass is 9.98. The normalized spacial score (nSPS) is 23.5. The predicted octanol–water partition coefficient (Wildman–Crippen LogP) is 1.57. The zero-order valence-electron chi connectivity index (χ0n) is 15.8. The maximum Gasteiger partial charge on any atom is 0.320 e. The first kappa shape index (κ1) is 18.1. The number of benzene rings is 1. The van der Waals surface area contributed by atoms with Gasteiger partial charge in [0.15, 0.2) is 0 Å². The van der Waals surface area contributed by atoms with Crippen LogP contribution >= 0.6 is 0 Å². The molecule has 0 spiro atoms. The summed E-state index contributed by atoms with van der Waals surface area (Å²) in [6.45, 7) is 4.50. The van der Waals surface area contributed by atoms with Crippen molar-refractivity contribution < 1.29 is 19.1 Å². The molecule has 4 rings (SSSR count). The Labute approximate surface area is 159 Å². The van der Waals surface area contributed by atoms with E-state index in [-0.39, 0.29) is 23.9 Å². The molecule has 3 heterocycles. The lowest BCUT2D eigenvalue weighted by molar-refractivity contribution is -0.140. The molecule has 1 atom stereocenters. The van der Waals surface area contributed by atoms with Gasteiger partial charge in [-0.1, -0.05) is 12.1 Å². The molecule has 146 valence electrons. The minimum atomic E-state index is 0.0778. The summed E-state index contributed by atoms with van der Waals surface area (Å²) in [7, 11) is 1.64. The molecule has 1 unspecified atom stereocenters. The topological polar surface area (TPSA) is 62.3 Å². The van der Waals surface area contributed by atoms with Gasteiger partial charge in [0, 0.05) is 51.9 Å². The third kappa shape index (κ3) is 3.74. The third-order valence-electron chi connectivity index (χ3n) is 5.84. The molecule has 0 aromatic heterocycles. The van der Waals surface area contributed by atoms with Crippen LogP contribution in [0.25, 0.3) is 0 Å². The summed E-state index contributed by atoms with van der Waals surface area (Å²) < 4.78 is 10.6. The summed E-state index contributed by atoms with van der Waals surface area (Å²) in [5, 5.41) is 0. The molecule has 0 bridgehead atoms. The lowest BCUT2D eigenvalue weighted by Gasteiger charge is -2.38. The van der Waals surface area contributed by atoms with Gasteiger partial charge in [-0.2, -0.15) is 0 Å². The van der Waals surface area contributed by atoms with Crippen LogP contribution in [0.5, 0.6) is 5.75 Å². The van der Waals surface area contributed by atoms with Gasteiger partial charge >= 0.3 is 6.03 Å². The van der Waals surface area contributed by atoms with Crippen LogP contribution in [0.15, 0.2) is 24.3 Å². The Morgan fingerprint density at radius 3 is 2.59 bits per heavy atom. The number of amides is 3. The highest BCUT2D eigenvalue weighted by Crippen LogP contribution is 2.25. The number of hydrogen-bond donors (Lipinski definition) is 0. The van der Waals surface area contributed by atoms with Gasteiger partial charge in [-0.15, -0.1) is 0 Å². The summed E-state index contributed by atoms with van der Waals surface area (Å²) in [4.78, 5) is 31.3. The average Bonchev–Trinajstić information content (AvgIpc) is 3.03. The highest BCUT2D eigenvalue weighted by atomic mass is 16.5. The molecule has 7 heteroatoms. The van der Waals surface area contributed by atoms with Crippen molar-refractivity contribution in [2.75, 3.05) is 46.5 Å². The molecular formula is C20H27N3O4. The maximum atomic E-state index is 12.8. The highest BCUT2D eigenvalue weighted by Gasteiger charge is 2.42. The van der Waals surface area contributed by atoms with E-state index in [0.717, 1.165) is 24.2 Å². The van der Waals surface area contributed by atoms with Gasteiger partial charge in [-0.3, -0.25) is 4.79 Å². The molecule has 3 amide bonds. The molecule has 3 saturated heterocycles. The second kappa shape index (κ2) is 7.76. The van der Waals surface area contributed by atoms with Crippen molar-refractivity contribution in [1.29, 1.82) is 0 Å². The Morgan fingerprint density at radius 1 is 1.15 bits per heavy atom. The Kier molecular flexibility index (Phi) is 5.20.